The van der Waals surface area contributed by atoms with Gasteiger partial charge in [0.2, 0.25) is 0 Å². The third kappa shape index (κ3) is 1.98. The van der Waals surface area contributed by atoms with Crippen molar-refractivity contribution in [2.45, 2.75) is 13.3 Å². The topological polar surface area (TPSA) is 63.0 Å². The van der Waals surface area contributed by atoms with Crippen LogP contribution in [0.3, 0.4) is 0 Å². The molecule has 16 heavy (non-hydrogen) atoms. The van der Waals surface area contributed by atoms with Crippen LogP contribution >= 0.6 is 0 Å². The maximum atomic E-state index is 12.5. The average Bonchev–Trinajstić information content (AvgIpc) is 2.26. The molecule has 0 aliphatic carbocycles. The Hall–Kier alpha value is -2.03. The second-order valence-corrected chi connectivity index (χ2v) is 2.98. The lowest BCUT2D eigenvalue weighted by atomic mass is 10.0. The number of pyridine rings is 1. The summed E-state index contributed by atoms with van der Waals surface area (Å²) in [5.41, 5.74) is -0.960. The molecule has 1 aromatic rings. The minimum atomic E-state index is -2.90. The molecule has 4 nitrogen and oxygen atoms in total. The van der Waals surface area contributed by atoms with Crippen LogP contribution in [-0.2, 0) is 4.74 Å². The van der Waals surface area contributed by atoms with E-state index in [-0.39, 0.29) is 5.56 Å². The van der Waals surface area contributed by atoms with Crippen LogP contribution in [0.15, 0.2) is 6.20 Å². The lowest BCUT2D eigenvalue weighted by Crippen LogP contribution is -2.10. The van der Waals surface area contributed by atoms with E-state index >= 15 is 0 Å². The number of ether oxygens (including phenoxy) is 1. The lowest BCUT2D eigenvalue weighted by Gasteiger charge is -2.08. The minimum absolute atomic E-state index is 0.157. The Bertz CT molecular complexity index is 467. The van der Waals surface area contributed by atoms with Crippen molar-refractivity contribution in [3.8, 4) is 6.07 Å². The predicted octanol–water partition coefficient (Wildman–Crippen LogP) is 1.99. The molecule has 0 aliphatic rings. The highest BCUT2D eigenvalue weighted by molar-refractivity contribution is 5.93. The van der Waals surface area contributed by atoms with Crippen LogP contribution in [0.4, 0.5) is 8.78 Å². The number of halogens is 2. The highest BCUT2D eigenvalue weighted by atomic mass is 19.3. The second kappa shape index (κ2) is 4.66. The molecule has 0 bridgehead atoms. The van der Waals surface area contributed by atoms with Gasteiger partial charge in [-0.3, -0.25) is 4.98 Å². The first-order valence-corrected chi connectivity index (χ1v) is 4.29. The number of hydrogen-bond acceptors (Lipinski definition) is 4. The molecule has 0 radical (unpaired) electrons. The van der Waals surface area contributed by atoms with Gasteiger partial charge in [-0.2, -0.15) is 5.26 Å². The first-order chi connectivity index (χ1) is 7.52. The van der Waals surface area contributed by atoms with E-state index in [1.807, 2.05) is 0 Å². The summed E-state index contributed by atoms with van der Waals surface area (Å²) in [7, 11) is 1.12. The summed E-state index contributed by atoms with van der Waals surface area (Å²) in [4.78, 5) is 14.8. The van der Waals surface area contributed by atoms with E-state index in [1.165, 1.54) is 6.92 Å². The molecule has 0 fully saturated rings. The largest absolute Gasteiger partial charge is 0.465 e. The first-order valence-electron chi connectivity index (χ1n) is 4.29. The maximum absolute atomic E-state index is 12.5. The predicted molar refractivity (Wildman–Crippen MR) is 50.0 cm³/mol. The molecule has 0 aromatic carbocycles. The number of methoxy groups -OCH3 is 1. The first kappa shape index (κ1) is 12.0. The summed E-state index contributed by atoms with van der Waals surface area (Å²) in [6.07, 6.45) is -1.78. The molecule has 0 N–H and O–H groups in total. The van der Waals surface area contributed by atoms with Crippen molar-refractivity contribution in [1.82, 2.24) is 4.98 Å². The standard InChI is InChI=1S/C10H8F2N2O2/c1-5-4-14-8(9(11)12)6(3-13)7(5)10(15)16-2/h4,9H,1-2H3. The van der Waals surface area contributed by atoms with Gasteiger partial charge < -0.3 is 4.74 Å². The molecule has 84 valence electrons. The maximum Gasteiger partial charge on any atom is 0.339 e. The van der Waals surface area contributed by atoms with E-state index in [0.29, 0.717) is 5.56 Å². The van der Waals surface area contributed by atoms with Gasteiger partial charge in [0.05, 0.1) is 18.2 Å². The number of rotatable bonds is 2. The van der Waals surface area contributed by atoms with Gasteiger partial charge in [-0.1, -0.05) is 0 Å². The normalized spacial score (nSPS) is 10.0. The van der Waals surface area contributed by atoms with Crippen LogP contribution < -0.4 is 0 Å². The van der Waals surface area contributed by atoms with Crippen molar-refractivity contribution < 1.29 is 18.3 Å². The number of carbonyl (C=O) groups is 1. The summed E-state index contributed by atoms with van der Waals surface area (Å²) in [6.45, 7) is 1.50. The molecule has 0 amide bonds. The van der Waals surface area contributed by atoms with E-state index in [0.717, 1.165) is 13.3 Å². The molecule has 0 unspecified atom stereocenters. The van der Waals surface area contributed by atoms with Gasteiger partial charge in [0.1, 0.15) is 11.8 Å². The number of nitrogens with zero attached hydrogens (tertiary/aromatic N) is 2. The van der Waals surface area contributed by atoms with Crippen LogP contribution in [-0.4, -0.2) is 18.1 Å². The Morgan fingerprint density at radius 3 is 2.69 bits per heavy atom. The van der Waals surface area contributed by atoms with Crippen molar-refractivity contribution in [3.63, 3.8) is 0 Å². The zero-order valence-electron chi connectivity index (χ0n) is 8.62. The zero-order chi connectivity index (χ0) is 12.3. The van der Waals surface area contributed by atoms with Crippen molar-refractivity contribution in [3.05, 3.63) is 28.6 Å². The fraction of sp³-hybridized carbons (Fsp3) is 0.300. The van der Waals surface area contributed by atoms with Crippen LogP contribution in [0.5, 0.6) is 0 Å². The summed E-state index contributed by atoms with van der Waals surface area (Å²) >= 11 is 0. The Morgan fingerprint density at radius 1 is 1.62 bits per heavy atom. The molecule has 0 saturated carbocycles. The number of aromatic nitrogens is 1. The SMILES string of the molecule is COC(=O)c1c(C)cnc(C(F)F)c1C#N. The van der Waals surface area contributed by atoms with Gasteiger partial charge in [-0.05, 0) is 12.5 Å². The third-order valence-electron chi connectivity index (χ3n) is 2.01. The molecular formula is C10H8F2N2O2. The number of esters is 1. The fourth-order valence-electron chi connectivity index (χ4n) is 1.26. The summed E-state index contributed by atoms with van der Waals surface area (Å²) in [5, 5.41) is 8.79. The molecule has 1 rings (SSSR count). The molecule has 0 saturated heterocycles. The number of aryl methyl sites for hydroxylation is 1. The Morgan fingerprint density at radius 2 is 2.25 bits per heavy atom. The molecule has 0 atom stereocenters. The van der Waals surface area contributed by atoms with Crippen LogP contribution in [0.2, 0.25) is 0 Å². The monoisotopic (exact) mass is 226 g/mol. The minimum Gasteiger partial charge on any atom is -0.465 e. The van der Waals surface area contributed by atoms with Gasteiger partial charge in [-0.15, -0.1) is 0 Å². The smallest absolute Gasteiger partial charge is 0.339 e. The number of hydrogen-bond donors (Lipinski definition) is 0. The van der Waals surface area contributed by atoms with Gasteiger partial charge in [0.15, 0.2) is 0 Å². The van der Waals surface area contributed by atoms with Crippen molar-refractivity contribution in [2.24, 2.45) is 0 Å². The van der Waals surface area contributed by atoms with Crippen molar-refractivity contribution in [1.29, 1.82) is 5.26 Å². The van der Waals surface area contributed by atoms with E-state index in [9.17, 15) is 13.6 Å². The van der Waals surface area contributed by atoms with Crippen LogP contribution in [0.25, 0.3) is 0 Å². The van der Waals surface area contributed by atoms with E-state index in [4.69, 9.17) is 5.26 Å². The Labute approximate surface area is 90.5 Å². The summed E-state index contributed by atoms with van der Waals surface area (Å²) in [6, 6.07) is 1.56. The van der Waals surface area contributed by atoms with Gasteiger partial charge in [0.25, 0.3) is 6.43 Å². The molecule has 0 aliphatic heterocycles. The highest BCUT2D eigenvalue weighted by Crippen LogP contribution is 2.25. The van der Waals surface area contributed by atoms with Crippen molar-refractivity contribution in [2.75, 3.05) is 7.11 Å². The van der Waals surface area contributed by atoms with E-state index in [1.54, 1.807) is 6.07 Å². The van der Waals surface area contributed by atoms with Gasteiger partial charge in [0, 0.05) is 6.20 Å². The van der Waals surface area contributed by atoms with Gasteiger partial charge in [-0.25, -0.2) is 13.6 Å². The summed E-state index contributed by atoms with van der Waals surface area (Å²) in [5.74, 6) is -0.821. The molecule has 1 heterocycles. The number of carbonyl (C=O) groups excluding carboxylic acids is 1. The second-order valence-electron chi connectivity index (χ2n) is 2.98. The van der Waals surface area contributed by atoms with Crippen LogP contribution in [0.1, 0.15) is 33.6 Å². The molecule has 0 spiro atoms. The van der Waals surface area contributed by atoms with Gasteiger partial charge >= 0.3 is 5.97 Å². The molecule has 1 aromatic heterocycles. The average molecular weight is 226 g/mol. The number of nitriles is 1. The third-order valence-corrected chi connectivity index (χ3v) is 2.01. The zero-order valence-corrected chi connectivity index (χ0v) is 8.62. The lowest BCUT2D eigenvalue weighted by molar-refractivity contribution is 0.0598. The quantitative estimate of drug-likeness (QED) is 0.723. The fourth-order valence-corrected chi connectivity index (χ4v) is 1.26. The van der Waals surface area contributed by atoms with E-state index < -0.39 is 23.7 Å². The highest BCUT2D eigenvalue weighted by Gasteiger charge is 2.23. The van der Waals surface area contributed by atoms with Crippen LogP contribution in [0, 0.1) is 18.3 Å². The Kier molecular flexibility index (Phi) is 3.51. The summed E-state index contributed by atoms with van der Waals surface area (Å²) < 4.78 is 29.5. The van der Waals surface area contributed by atoms with Crippen molar-refractivity contribution >= 4 is 5.97 Å². The van der Waals surface area contributed by atoms with E-state index in [2.05, 4.69) is 9.72 Å². The molecule has 6 heteroatoms. The molecular weight excluding hydrogens is 218 g/mol. The Balaban J connectivity index is 3.52. The number of alkyl halides is 2.